The number of nitrogens with zero attached hydrogens (tertiary/aromatic N) is 4. The molecule has 3 aromatic rings. The summed E-state index contributed by atoms with van der Waals surface area (Å²) in [6, 6.07) is 6.12. The number of halogens is 1. The number of benzene rings is 1. The van der Waals surface area contributed by atoms with Gasteiger partial charge in [-0.15, -0.1) is 0 Å². The number of carboxylic acids is 1. The normalized spacial score (nSPS) is 11.4. The molecule has 0 atom stereocenters. The molecule has 0 bridgehead atoms. The van der Waals surface area contributed by atoms with Crippen LogP contribution in [0.4, 0.5) is 4.39 Å². The summed E-state index contributed by atoms with van der Waals surface area (Å²) in [4.78, 5) is 17.7. The van der Waals surface area contributed by atoms with Gasteiger partial charge in [-0.25, -0.2) is 9.18 Å². The Bertz CT molecular complexity index is 968. The lowest BCUT2D eigenvalue weighted by Gasteiger charge is -2.09. The van der Waals surface area contributed by atoms with Crippen LogP contribution in [-0.4, -0.2) is 51.4 Å². The van der Waals surface area contributed by atoms with Gasteiger partial charge in [0.1, 0.15) is 5.82 Å². The van der Waals surface area contributed by atoms with E-state index >= 15 is 0 Å². The van der Waals surface area contributed by atoms with Crippen LogP contribution >= 0.6 is 0 Å². The molecule has 3 rings (SSSR count). The van der Waals surface area contributed by atoms with Crippen LogP contribution in [0.25, 0.3) is 10.9 Å². The van der Waals surface area contributed by atoms with Crippen LogP contribution in [0, 0.1) is 5.82 Å². The Morgan fingerprint density at radius 1 is 1.21 bits per heavy atom. The van der Waals surface area contributed by atoms with Gasteiger partial charge in [-0.2, -0.15) is 5.10 Å². The first-order valence-electron chi connectivity index (χ1n) is 9.41. The van der Waals surface area contributed by atoms with Crippen molar-refractivity contribution in [2.45, 2.75) is 32.2 Å². The molecule has 1 N–H and O–H groups in total. The van der Waals surface area contributed by atoms with E-state index < -0.39 is 5.97 Å². The molecule has 0 spiro atoms. The molecule has 0 aliphatic rings. The van der Waals surface area contributed by atoms with Crippen molar-refractivity contribution in [3.63, 3.8) is 0 Å². The van der Waals surface area contributed by atoms with Crippen LogP contribution < -0.4 is 0 Å². The summed E-state index contributed by atoms with van der Waals surface area (Å²) in [6.07, 6.45) is 6.47. The predicted molar refractivity (Wildman–Crippen MR) is 106 cm³/mol. The SMILES string of the molecule is CN(C)CCCCCn1nc(Cc2cnccc2C(=O)O)c2cc(F)ccc21. The Kier molecular flexibility index (Phi) is 6.36. The van der Waals surface area contributed by atoms with Gasteiger partial charge in [0, 0.05) is 30.7 Å². The Balaban J connectivity index is 1.85. The molecule has 0 aliphatic heterocycles. The van der Waals surface area contributed by atoms with E-state index in [-0.39, 0.29) is 11.4 Å². The second-order valence-electron chi connectivity index (χ2n) is 7.21. The zero-order valence-corrected chi connectivity index (χ0v) is 16.2. The first-order valence-corrected chi connectivity index (χ1v) is 9.41. The number of fused-ring (bicyclic) bond motifs is 1. The van der Waals surface area contributed by atoms with Crippen molar-refractivity contribution in [2.75, 3.05) is 20.6 Å². The minimum atomic E-state index is -1.01. The predicted octanol–water partition coefficient (Wildman–Crippen LogP) is 3.59. The van der Waals surface area contributed by atoms with Crippen molar-refractivity contribution in [1.29, 1.82) is 0 Å². The van der Waals surface area contributed by atoms with Crippen molar-refractivity contribution in [3.8, 4) is 0 Å². The number of carbonyl (C=O) groups is 1. The maximum atomic E-state index is 13.9. The Morgan fingerprint density at radius 2 is 2.04 bits per heavy atom. The molecule has 0 amide bonds. The lowest BCUT2D eigenvalue weighted by molar-refractivity contribution is 0.0695. The van der Waals surface area contributed by atoms with Gasteiger partial charge in [-0.05, 0) is 63.3 Å². The summed E-state index contributed by atoms with van der Waals surface area (Å²) in [5.41, 5.74) is 2.29. The van der Waals surface area contributed by atoms with Crippen LogP contribution in [0.15, 0.2) is 36.7 Å². The molecular formula is C21H25FN4O2. The summed E-state index contributed by atoms with van der Waals surface area (Å²) < 4.78 is 15.8. The second kappa shape index (κ2) is 8.93. The Labute approximate surface area is 163 Å². The number of unbranched alkanes of at least 4 members (excludes halogenated alkanes) is 2. The highest BCUT2D eigenvalue weighted by Crippen LogP contribution is 2.24. The molecule has 0 saturated carbocycles. The third-order valence-electron chi connectivity index (χ3n) is 4.76. The van der Waals surface area contributed by atoms with Gasteiger partial charge in [0.2, 0.25) is 0 Å². The number of rotatable bonds is 9. The van der Waals surface area contributed by atoms with Gasteiger partial charge in [0.05, 0.1) is 16.8 Å². The molecule has 148 valence electrons. The molecule has 7 heteroatoms. The first kappa shape index (κ1) is 19.9. The summed E-state index contributed by atoms with van der Waals surface area (Å²) >= 11 is 0. The molecule has 0 saturated heterocycles. The topological polar surface area (TPSA) is 71.2 Å². The number of aromatic nitrogens is 3. The summed E-state index contributed by atoms with van der Waals surface area (Å²) in [5, 5.41) is 14.8. The molecule has 0 fully saturated rings. The molecule has 0 radical (unpaired) electrons. The van der Waals surface area contributed by atoms with Crippen LogP contribution in [0.5, 0.6) is 0 Å². The quantitative estimate of drug-likeness (QED) is 0.571. The minimum absolute atomic E-state index is 0.192. The van der Waals surface area contributed by atoms with E-state index in [9.17, 15) is 14.3 Å². The van der Waals surface area contributed by atoms with E-state index in [1.54, 1.807) is 6.07 Å². The van der Waals surface area contributed by atoms with Crippen LogP contribution in [0.3, 0.4) is 0 Å². The third-order valence-corrected chi connectivity index (χ3v) is 4.76. The average molecular weight is 384 g/mol. The van der Waals surface area contributed by atoms with Crippen LogP contribution in [0.2, 0.25) is 0 Å². The van der Waals surface area contributed by atoms with E-state index in [1.807, 2.05) is 4.68 Å². The molecule has 0 unspecified atom stereocenters. The number of pyridine rings is 1. The molecule has 2 aromatic heterocycles. The number of aromatic carboxylic acids is 1. The maximum Gasteiger partial charge on any atom is 0.336 e. The van der Waals surface area contributed by atoms with Gasteiger partial charge >= 0.3 is 5.97 Å². The van der Waals surface area contributed by atoms with E-state index in [1.165, 1.54) is 30.6 Å². The summed E-state index contributed by atoms with van der Waals surface area (Å²) in [7, 11) is 4.12. The second-order valence-corrected chi connectivity index (χ2v) is 7.21. The molecular weight excluding hydrogens is 359 g/mol. The van der Waals surface area contributed by atoms with E-state index in [2.05, 4.69) is 29.1 Å². The molecule has 0 aliphatic carbocycles. The van der Waals surface area contributed by atoms with Crippen molar-refractivity contribution >= 4 is 16.9 Å². The van der Waals surface area contributed by atoms with Gasteiger partial charge in [-0.1, -0.05) is 6.42 Å². The van der Waals surface area contributed by atoms with E-state index in [4.69, 9.17) is 0 Å². The molecule has 28 heavy (non-hydrogen) atoms. The fourth-order valence-corrected chi connectivity index (χ4v) is 3.34. The third kappa shape index (κ3) is 4.72. The molecule has 6 nitrogen and oxygen atoms in total. The summed E-state index contributed by atoms with van der Waals surface area (Å²) in [6.45, 7) is 1.80. The van der Waals surface area contributed by atoms with E-state index in [0.29, 0.717) is 23.1 Å². The smallest absolute Gasteiger partial charge is 0.336 e. The van der Waals surface area contributed by atoms with Crippen molar-refractivity contribution in [1.82, 2.24) is 19.7 Å². The minimum Gasteiger partial charge on any atom is -0.478 e. The highest BCUT2D eigenvalue weighted by atomic mass is 19.1. The fourth-order valence-electron chi connectivity index (χ4n) is 3.34. The molecule has 1 aromatic carbocycles. The Morgan fingerprint density at radius 3 is 2.79 bits per heavy atom. The number of carboxylic acid groups (broad SMARTS) is 1. The van der Waals surface area contributed by atoms with E-state index in [0.717, 1.165) is 37.9 Å². The van der Waals surface area contributed by atoms with Crippen molar-refractivity contribution in [2.24, 2.45) is 0 Å². The monoisotopic (exact) mass is 384 g/mol. The zero-order valence-electron chi connectivity index (χ0n) is 16.2. The number of hydrogen-bond acceptors (Lipinski definition) is 4. The van der Waals surface area contributed by atoms with Crippen molar-refractivity contribution in [3.05, 3.63) is 59.3 Å². The van der Waals surface area contributed by atoms with Crippen LogP contribution in [0.1, 0.15) is 40.9 Å². The molecule has 2 heterocycles. The average Bonchev–Trinajstić information content (AvgIpc) is 2.98. The lowest BCUT2D eigenvalue weighted by Crippen LogP contribution is -2.13. The first-order chi connectivity index (χ1) is 13.5. The maximum absolute atomic E-state index is 13.9. The lowest BCUT2D eigenvalue weighted by atomic mass is 10.0. The number of aryl methyl sites for hydroxylation is 1. The van der Waals surface area contributed by atoms with Crippen LogP contribution in [-0.2, 0) is 13.0 Å². The fraction of sp³-hybridized carbons (Fsp3) is 0.381. The van der Waals surface area contributed by atoms with Crippen molar-refractivity contribution < 1.29 is 14.3 Å². The summed E-state index contributed by atoms with van der Waals surface area (Å²) in [5.74, 6) is -1.34. The van der Waals surface area contributed by atoms with Gasteiger partial charge in [-0.3, -0.25) is 9.67 Å². The van der Waals surface area contributed by atoms with Gasteiger partial charge < -0.3 is 10.0 Å². The standard InChI is InChI=1S/C21H25FN4O2/c1-25(2)10-4-3-5-11-26-20-7-6-16(22)13-18(20)19(24-26)12-15-14-23-9-8-17(15)21(27)28/h6-9,13-14H,3-5,10-12H2,1-2H3,(H,27,28). The zero-order chi connectivity index (χ0) is 20.1. The largest absolute Gasteiger partial charge is 0.478 e. The highest BCUT2D eigenvalue weighted by molar-refractivity contribution is 5.89. The number of hydrogen-bond donors (Lipinski definition) is 1. The van der Waals surface area contributed by atoms with Gasteiger partial charge in [0.15, 0.2) is 0 Å². The highest BCUT2D eigenvalue weighted by Gasteiger charge is 2.16. The Hall–Kier alpha value is -2.80. The van der Waals surface area contributed by atoms with Gasteiger partial charge in [0.25, 0.3) is 0 Å².